The molecule has 7 heteroatoms. The van der Waals surface area contributed by atoms with Gasteiger partial charge in [-0.15, -0.1) is 0 Å². The van der Waals surface area contributed by atoms with E-state index in [2.05, 4.69) is 10.4 Å². The molecule has 0 aliphatic rings. The highest BCUT2D eigenvalue weighted by Crippen LogP contribution is 2.18. The highest BCUT2D eigenvalue weighted by molar-refractivity contribution is 6.03. The highest BCUT2D eigenvalue weighted by atomic mass is 16.5. The number of nitrogens with zero attached hydrogens (tertiary/aromatic N) is 3. The van der Waals surface area contributed by atoms with Crippen LogP contribution in [-0.4, -0.2) is 26.2 Å². The van der Waals surface area contributed by atoms with Crippen molar-refractivity contribution in [2.24, 2.45) is 7.05 Å². The summed E-state index contributed by atoms with van der Waals surface area (Å²) < 4.78 is 8.96. The van der Waals surface area contributed by atoms with Crippen LogP contribution in [0, 0.1) is 0 Å². The number of benzene rings is 2. The first-order chi connectivity index (χ1) is 14.6. The van der Waals surface area contributed by atoms with Crippen LogP contribution >= 0.6 is 0 Å². The third-order valence-corrected chi connectivity index (χ3v) is 4.50. The van der Waals surface area contributed by atoms with Gasteiger partial charge in [-0.3, -0.25) is 14.3 Å². The van der Waals surface area contributed by atoms with E-state index in [1.54, 1.807) is 42.2 Å². The summed E-state index contributed by atoms with van der Waals surface area (Å²) >= 11 is 0. The number of carbonyl (C=O) groups is 2. The Hall–Kier alpha value is -4.13. The quantitative estimate of drug-likeness (QED) is 0.396. The van der Waals surface area contributed by atoms with Gasteiger partial charge < -0.3 is 14.6 Å². The number of carbonyl (C=O) groups excluding carboxylic acids is 2. The van der Waals surface area contributed by atoms with Gasteiger partial charge >= 0.3 is 5.97 Å². The summed E-state index contributed by atoms with van der Waals surface area (Å²) in [5.74, 6) is -0.185. The molecule has 0 bridgehead atoms. The van der Waals surface area contributed by atoms with Crippen LogP contribution in [0.4, 0.5) is 5.69 Å². The molecule has 4 rings (SSSR count). The summed E-state index contributed by atoms with van der Waals surface area (Å²) in [7, 11) is 1.75. The predicted octanol–water partition coefficient (Wildman–Crippen LogP) is 3.61. The molecule has 2 aromatic carbocycles. The van der Waals surface area contributed by atoms with E-state index in [1.165, 1.54) is 6.20 Å². The SMILES string of the molecule is Cn1cc(C(=O)Nc2ccc(OC(=O)Cc3ccc(-n4cccc4)cc3)cc2)cn1. The van der Waals surface area contributed by atoms with Crippen molar-refractivity contribution in [3.8, 4) is 11.4 Å². The van der Waals surface area contributed by atoms with Crippen LogP contribution in [0.25, 0.3) is 5.69 Å². The summed E-state index contributed by atoms with van der Waals surface area (Å²) in [4.78, 5) is 24.4. The Balaban J connectivity index is 1.31. The largest absolute Gasteiger partial charge is 0.426 e. The number of anilines is 1. The number of aryl methyl sites for hydroxylation is 1. The molecule has 1 N–H and O–H groups in total. The minimum atomic E-state index is -0.351. The zero-order chi connectivity index (χ0) is 20.9. The maximum absolute atomic E-state index is 12.2. The number of esters is 1. The molecule has 0 saturated heterocycles. The Morgan fingerprint density at radius 2 is 1.70 bits per heavy atom. The molecule has 150 valence electrons. The molecule has 0 aliphatic heterocycles. The van der Waals surface area contributed by atoms with Gasteiger partial charge in [0.2, 0.25) is 0 Å². The maximum atomic E-state index is 12.2. The smallest absolute Gasteiger partial charge is 0.315 e. The number of hydrogen-bond donors (Lipinski definition) is 1. The van der Waals surface area contributed by atoms with Crippen molar-refractivity contribution in [3.63, 3.8) is 0 Å². The number of rotatable bonds is 6. The molecular weight excluding hydrogens is 380 g/mol. The van der Waals surface area contributed by atoms with Crippen LogP contribution in [0.3, 0.4) is 0 Å². The molecule has 7 nitrogen and oxygen atoms in total. The highest BCUT2D eigenvalue weighted by Gasteiger charge is 2.10. The number of nitrogens with one attached hydrogen (secondary N) is 1. The topological polar surface area (TPSA) is 78.2 Å². The van der Waals surface area contributed by atoms with Gasteiger partial charge in [-0.05, 0) is 54.1 Å². The molecule has 0 unspecified atom stereocenters. The third kappa shape index (κ3) is 4.64. The summed E-state index contributed by atoms with van der Waals surface area (Å²) in [6.45, 7) is 0. The van der Waals surface area contributed by atoms with Gasteiger partial charge in [-0.2, -0.15) is 5.10 Å². The van der Waals surface area contributed by atoms with Crippen molar-refractivity contribution in [1.29, 1.82) is 0 Å². The third-order valence-electron chi connectivity index (χ3n) is 4.50. The first-order valence-electron chi connectivity index (χ1n) is 9.40. The summed E-state index contributed by atoms with van der Waals surface area (Å²) in [5, 5.41) is 6.75. The van der Waals surface area contributed by atoms with Crippen LogP contribution in [-0.2, 0) is 18.3 Å². The summed E-state index contributed by atoms with van der Waals surface area (Å²) in [5.41, 5.74) is 2.97. The lowest BCUT2D eigenvalue weighted by molar-refractivity contribution is -0.133. The van der Waals surface area contributed by atoms with Crippen molar-refractivity contribution in [3.05, 3.63) is 96.6 Å². The zero-order valence-electron chi connectivity index (χ0n) is 16.4. The molecule has 0 saturated carbocycles. The number of aromatic nitrogens is 3. The minimum Gasteiger partial charge on any atom is -0.426 e. The molecule has 1 amide bonds. The lowest BCUT2D eigenvalue weighted by atomic mass is 10.1. The van der Waals surface area contributed by atoms with Gasteiger partial charge in [-0.25, -0.2) is 0 Å². The Bertz CT molecular complexity index is 1140. The Morgan fingerprint density at radius 1 is 1.00 bits per heavy atom. The lowest BCUT2D eigenvalue weighted by Crippen LogP contribution is -2.12. The predicted molar refractivity (Wildman–Crippen MR) is 113 cm³/mol. The van der Waals surface area contributed by atoms with E-state index in [4.69, 9.17) is 4.74 Å². The van der Waals surface area contributed by atoms with Crippen LogP contribution in [0.15, 0.2) is 85.5 Å². The molecule has 4 aromatic rings. The standard InChI is InChI=1S/C23H20N4O3/c1-26-16-18(15-24-26)23(29)25-19-6-10-21(11-7-19)30-22(28)14-17-4-8-20(9-5-17)27-12-2-3-13-27/h2-13,15-16H,14H2,1H3,(H,25,29). The zero-order valence-corrected chi connectivity index (χ0v) is 16.4. The fourth-order valence-corrected chi connectivity index (χ4v) is 2.97. The number of amides is 1. The first kappa shape index (κ1) is 19.2. The van der Waals surface area contributed by atoms with E-state index in [0.29, 0.717) is 17.0 Å². The van der Waals surface area contributed by atoms with E-state index in [-0.39, 0.29) is 18.3 Å². The summed E-state index contributed by atoms with van der Waals surface area (Å²) in [6, 6.07) is 18.3. The molecule has 0 atom stereocenters. The molecule has 30 heavy (non-hydrogen) atoms. The van der Waals surface area contributed by atoms with Crippen LogP contribution < -0.4 is 10.1 Å². The Morgan fingerprint density at radius 3 is 2.33 bits per heavy atom. The Labute approximate surface area is 173 Å². The van der Waals surface area contributed by atoms with Gasteiger partial charge in [0.05, 0.1) is 18.2 Å². The fraction of sp³-hybridized carbons (Fsp3) is 0.0870. The molecule has 2 aromatic heterocycles. The van der Waals surface area contributed by atoms with Crippen molar-refractivity contribution in [1.82, 2.24) is 14.3 Å². The van der Waals surface area contributed by atoms with Crippen LogP contribution in [0.2, 0.25) is 0 Å². The second-order valence-corrected chi connectivity index (χ2v) is 6.79. The van der Waals surface area contributed by atoms with E-state index in [0.717, 1.165) is 11.3 Å². The molecule has 0 aliphatic carbocycles. The second kappa shape index (κ2) is 8.48. The average molecular weight is 400 g/mol. The average Bonchev–Trinajstić information content (AvgIpc) is 3.42. The maximum Gasteiger partial charge on any atom is 0.315 e. The van der Waals surface area contributed by atoms with Crippen LogP contribution in [0.1, 0.15) is 15.9 Å². The van der Waals surface area contributed by atoms with Gasteiger partial charge in [0.1, 0.15) is 5.75 Å². The minimum absolute atomic E-state index is 0.172. The number of ether oxygens (including phenoxy) is 1. The van der Waals surface area contributed by atoms with E-state index in [9.17, 15) is 9.59 Å². The van der Waals surface area contributed by atoms with E-state index >= 15 is 0 Å². The van der Waals surface area contributed by atoms with E-state index < -0.39 is 0 Å². The second-order valence-electron chi connectivity index (χ2n) is 6.79. The van der Waals surface area contributed by atoms with Crippen LogP contribution in [0.5, 0.6) is 5.75 Å². The molecule has 0 fully saturated rings. The summed E-state index contributed by atoms with van der Waals surface area (Å²) in [6.07, 6.45) is 7.23. The van der Waals surface area contributed by atoms with Gasteiger partial charge in [0.25, 0.3) is 5.91 Å². The normalized spacial score (nSPS) is 10.6. The Kier molecular flexibility index (Phi) is 5.43. The molecular formula is C23H20N4O3. The first-order valence-corrected chi connectivity index (χ1v) is 9.40. The van der Waals surface area contributed by atoms with E-state index in [1.807, 2.05) is 53.4 Å². The van der Waals surface area contributed by atoms with Gasteiger partial charge in [-0.1, -0.05) is 12.1 Å². The van der Waals surface area contributed by atoms with Crippen molar-refractivity contribution in [2.45, 2.75) is 6.42 Å². The van der Waals surface area contributed by atoms with Gasteiger partial charge in [0, 0.05) is 37.0 Å². The van der Waals surface area contributed by atoms with Crippen molar-refractivity contribution >= 4 is 17.6 Å². The number of hydrogen-bond acceptors (Lipinski definition) is 4. The monoisotopic (exact) mass is 400 g/mol. The molecule has 0 radical (unpaired) electrons. The van der Waals surface area contributed by atoms with Gasteiger partial charge in [0.15, 0.2) is 0 Å². The van der Waals surface area contributed by atoms with Crippen molar-refractivity contribution in [2.75, 3.05) is 5.32 Å². The fourth-order valence-electron chi connectivity index (χ4n) is 2.97. The van der Waals surface area contributed by atoms with Crippen molar-refractivity contribution < 1.29 is 14.3 Å². The lowest BCUT2D eigenvalue weighted by Gasteiger charge is -2.08. The molecule has 0 spiro atoms. The molecule has 2 heterocycles.